The van der Waals surface area contributed by atoms with Crippen molar-refractivity contribution < 1.29 is 5.11 Å². The van der Waals surface area contributed by atoms with E-state index in [-0.39, 0.29) is 5.92 Å². The average Bonchev–Trinajstić information content (AvgIpc) is 2.55. The quantitative estimate of drug-likeness (QED) is 0.900. The summed E-state index contributed by atoms with van der Waals surface area (Å²) in [4.78, 5) is 2.10. The lowest BCUT2D eigenvalue weighted by Gasteiger charge is -2.18. The van der Waals surface area contributed by atoms with Crippen molar-refractivity contribution >= 4 is 15.9 Å². The Balaban J connectivity index is 2.85. The molecule has 0 saturated carbocycles. The lowest BCUT2D eigenvalue weighted by Crippen LogP contribution is -2.22. The van der Waals surface area contributed by atoms with E-state index in [0.29, 0.717) is 0 Å². The van der Waals surface area contributed by atoms with Crippen LogP contribution in [0.3, 0.4) is 0 Å². The van der Waals surface area contributed by atoms with E-state index in [2.05, 4.69) is 25.9 Å². The van der Waals surface area contributed by atoms with Crippen LogP contribution >= 0.6 is 15.9 Å². The molecule has 0 saturated heterocycles. The summed E-state index contributed by atoms with van der Waals surface area (Å²) in [6, 6.07) is 0. The molecule has 1 atom stereocenters. The van der Waals surface area contributed by atoms with Crippen molar-refractivity contribution in [3.63, 3.8) is 0 Å². The summed E-state index contributed by atoms with van der Waals surface area (Å²) in [5.74, 6) is 0.186. The molecule has 5 heteroatoms. The van der Waals surface area contributed by atoms with Crippen molar-refractivity contribution in [2.75, 3.05) is 20.6 Å². The van der Waals surface area contributed by atoms with Crippen molar-refractivity contribution in [3.8, 4) is 0 Å². The number of aliphatic hydroxyl groups excluding tert-OH is 1. The molecule has 92 valence electrons. The fourth-order valence-electron chi connectivity index (χ4n) is 1.45. The zero-order valence-corrected chi connectivity index (χ0v) is 11.9. The predicted molar refractivity (Wildman–Crippen MR) is 68.3 cm³/mol. The Bertz CT molecular complexity index is 336. The summed E-state index contributed by atoms with van der Waals surface area (Å²) >= 11 is 3.44. The standard InChI is InChI=1S/C11H20BrN3O/c1-8(2)11(16)10-9(12)7-13-15(10)6-5-14(3)4/h7-8,11,16H,5-6H2,1-4H3. The lowest BCUT2D eigenvalue weighted by molar-refractivity contribution is 0.115. The molecule has 1 N–H and O–H groups in total. The van der Waals surface area contributed by atoms with Gasteiger partial charge in [0.2, 0.25) is 0 Å². The molecule has 0 fully saturated rings. The summed E-state index contributed by atoms with van der Waals surface area (Å²) in [5.41, 5.74) is 0.872. The summed E-state index contributed by atoms with van der Waals surface area (Å²) in [7, 11) is 4.05. The minimum Gasteiger partial charge on any atom is -0.387 e. The molecule has 4 nitrogen and oxygen atoms in total. The van der Waals surface area contributed by atoms with Gasteiger partial charge in [0, 0.05) is 6.54 Å². The lowest BCUT2D eigenvalue weighted by atomic mass is 10.0. The van der Waals surface area contributed by atoms with Gasteiger partial charge in [0.25, 0.3) is 0 Å². The third-order valence-corrected chi connectivity index (χ3v) is 3.11. The highest BCUT2D eigenvalue weighted by molar-refractivity contribution is 9.10. The van der Waals surface area contributed by atoms with Gasteiger partial charge in [-0.05, 0) is 35.9 Å². The Hall–Kier alpha value is -0.390. The fraction of sp³-hybridized carbons (Fsp3) is 0.727. The maximum absolute atomic E-state index is 10.1. The first kappa shape index (κ1) is 13.7. The number of aliphatic hydroxyl groups is 1. The summed E-state index contributed by atoms with van der Waals surface area (Å²) in [5, 5.41) is 14.4. The maximum atomic E-state index is 10.1. The monoisotopic (exact) mass is 289 g/mol. The van der Waals surface area contributed by atoms with E-state index >= 15 is 0 Å². The van der Waals surface area contributed by atoms with Crippen LogP contribution in [0.25, 0.3) is 0 Å². The van der Waals surface area contributed by atoms with Gasteiger partial charge in [-0.3, -0.25) is 4.68 Å². The van der Waals surface area contributed by atoms with Crippen LogP contribution in [0.2, 0.25) is 0 Å². The molecule has 0 amide bonds. The number of aromatic nitrogens is 2. The Morgan fingerprint density at radius 2 is 2.12 bits per heavy atom. The van der Waals surface area contributed by atoms with Gasteiger partial charge in [0.15, 0.2) is 0 Å². The molecule has 0 aromatic carbocycles. The van der Waals surface area contributed by atoms with Crippen molar-refractivity contribution in [1.29, 1.82) is 0 Å². The fourth-order valence-corrected chi connectivity index (χ4v) is 1.99. The molecule has 1 rings (SSSR count). The zero-order chi connectivity index (χ0) is 12.3. The summed E-state index contributed by atoms with van der Waals surface area (Å²) in [6.45, 7) is 5.70. The summed E-state index contributed by atoms with van der Waals surface area (Å²) < 4.78 is 2.75. The van der Waals surface area contributed by atoms with E-state index < -0.39 is 6.10 Å². The molecule has 0 aliphatic rings. The minimum atomic E-state index is -0.473. The van der Waals surface area contributed by atoms with Gasteiger partial charge in [-0.2, -0.15) is 5.10 Å². The molecule has 0 aliphatic carbocycles. The van der Waals surface area contributed by atoms with Gasteiger partial charge >= 0.3 is 0 Å². The molecular formula is C11H20BrN3O. The zero-order valence-electron chi connectivity index (χ0n) is 10.3. The van der Waals surface area contributed by atoms with Crippen LogP contribution in [-0.4, -0.2) is 40.4 Å². The van der Waals surface area contributed by atoms with Crippen LogP contribution in [0.5, 0.6) is 0 Å². The van der Waals surface area contributed by atoms with Crippen LogP contribution in [0.1, 0.15) is 25.6 Å². The Kier molecular flexibility index (Phi) is 4.95. The smallest absolute Gasteiger partial charge is 0.0990 e. The second-order valence-corrected chi connectivity index (χ2v) is 5.45. The second kappa shape index (κ2) is 5.80. The molecule has 0 spiro atoms. The van der Waals surface area contributed by atoms with Crippen LogP contribution in [0.4, 0.5) is 0 Å². The molecule has 0 aliphatic heterocycles. The molecule has 0 radical (unpaired) electrons. The highest BCUT2D eigenvalue weighted by atomic mass is 79.9. The van der Waals surface area contributed by atoms with Crippen molar-refractivity contribution in [2.45, 2.75) is 26.5 Å². The Morgan fingerprint density at radius 3 is 2.62 bits per heavy atom. The predicted octanol–water partition coefficient (Wildman–Crippen LogP) is 1.90. The third kappa shape index (κ3) is 3.30. The minimum absolute atomic E-state index is 0.186. The van der Waals surface area contributed by atoms with Crippen LogP contribution in [-0.2, 0) is 6.54 Å². The van der Waals surface area contributed by atoms with E-state index in [1.165, 1.54) is 0 Å². The van der Waals surface area contributed by atoms with Crippen molar-refractivity contribution in [1.82, 2.24) is 14.7 Å². The van der Waals surface area contributed by atoms with Crippen LogP contribution < -0.4 is 0 Å². The van der Waals surface area contributed by atoms with E-state index in [1.807, 2.05) is 32.6 Å². The highest BCUT2D eigenvalue weighted by Crippen LogP contribution is 2.28. The first-order valence-electron chi connectivity index (χ1n) is 5.47. The number of hydrogen-bond donors (Lipinski definition) is 1. The van der Waals surface area contributed by atoms with Gasteiger partial charge in [-0.25, -0.2) is 0 Å². The first-order chi connectivity index (χ1) is 7.43. The van der Waals surface area contributed by atoms with Gasteiger partial charge < -0.3 is 10.0 Å². The summed E-state index contributed by atoms with van der Waals surface area (Å²) in [6.07, 6.45) is 1.27. The maximum Gasteiger partial charge on any atom is 0.0990 e. The van der Waals surface area contributed by atoms with E-state index in [9.17, 15) is 5.11 Å². The third-order valence-electron chi connectivity index (χ3n) is 2.50. The van der Waals surface area contributed by atoms with Gasteiger partial charge in [0.05, 0.1) is 29.0 Å². The molecule has 1 aromatic heterocycles. The van der Waals surface area contributed by atoms with E-state index in [1.54, 1.807) is 6.20 Å². The molecule has 1 aromatic rings. The van der Waals surface area contributed by atoms with Gasteiger partial charge in [-0.15, -0.1) is 0 Å². The van der Waals surface area contributed by atoms with E-state index in [0.717, 1.165) is 23.3 Å². The molecule has 1 unspecified atom stereocenters. The average molecular weight is 290 g/mol. The van der Waals surface area contributed by atoms with Gasteiger partial charge in [-0.1, -0.05) is 13.8 Å². The molecular weight excluding hydrogens is 270 g/mol. The Labute approximate surface area is 105 Å². The topological polar surface area (TPSA) is 41.3 Å². The second-order valence-electron chi connectivity index (χ2n) is 4.59. The number of hydrogen-bond acceptors (Lipinski definition) is 3. The number of likely N-dealkylation sites (N-methyl/N-ethyl adjacent to an activating group) is 1. The normalized spacial score (nSPS) is 13.8. The van der Waals surface area contributed by atoms with Crippen molar-refractivity contribution in [3.05, 3.63) is 16.4 Å². The number of halogens is 1. The Morgan fingerprint density at radius 1 is 1.50 bits per heavy atom. The SMILES string of the molecule is CC(C)C(O)c1c(Br)cnn1CCN(C)C. The van der Waals surface area contributed by atoms with Crippen LogP contribution in [0, 0.1) is 5.92 Å². The van der Waals surface area contributed by atoms with Crippen LogP contribution in [0.15, 0.2) is 10.7 Å². The molecule has 16 heavy (non-hydrogen) atoms. The number of rotatable bonds is 5. The number of nitrogens with zero attached hydrogens (tertiary/aromatic N) is 3. The molecule has 0 bridgehead atoms. The highest BCUT2D eigenvalue weighted by Gasteiger charge is 2.20. The van der Waals surface area contributed by atoms with Gasteiger partial charge in [0.1, 0.15) is 0 Å². The molecule has 1 heterocycles. The first-order valence-corrected chi connectivity index (χ1v) is 6.26. The van der Waals surface area contributed by atoms with E-state index in [4.69, 9.17) is 0 Å². The van der Waals surface area contributed by atoms with Crippen molar-refractivity contribution in [2.24, 2.45) is 5.92 Å². The largest absolute Gasteiger partial charge is 0.387 e.